The minimum atomic E-state index is -0.256. The van der Waals surface area contributed by atoms with Crippen LogP contribution in [0.3, 0.4) is 0 Å². The molecule has 8 aliphatic rings. The second-order valence-corrected chi connectivity index (χ2v) is 16.3. The number of carbonyl (C=O) groups is 3. The van der Waals surface area contributed by atoms with Crippen LogP contribution in [0.15, 0.2) is 42.2 Å². The highest BCUT2D eigenvalue weighted by Gasteiger charge is 2.79. The van der Waals surface area contributed by atoms with Crippen LogP contribution in [0.5, 0.6) is 0 Å². The van der Waals surface area contributed by atoms with Crippen LogP contribution in [-0.4, -0.2) is 95.7 Å². The maximum Gasteiger partial charge on any atom is 0.231 e. The number of aryl methyl sites for hydroxylation is 1. The summed E-state index contributed by atoms with van der Waals surface area (Å²) in [6.07, 6.45) is 20.1. The molecule has 6 fully saturated rings. The number of amides is 2. The molecular weight excluding hydrogens is 642 g/mol. The molecule has 10 rings (SSSR count). The minimum Gasteiger partial charge on any atom is -0.497 e. The lowest BCUT2D eigenvalue weighted by Gasteiger charge is -2.36. The highest BCUT2D eigenvalue weighted by atomic mass is 16.5. The highest BCUT2D eigenvalue weighted by molar-refractivity contribution is 5.92. The van der Waals surface area contributed by atoms with Crippen molar-refractivity contribution in [3.8, 4) is 0 Å². The molecule has 4 saturated carbocycles. The molecule has 1 aromatic carbocycles. The molecule has 0 radical (unpaired) electrons. The number of rotatable bonds is 3. The predicted molar refractivity (Wildman–Crippen MR) is 197 cm³/mol. The number of likely N-dealkylation sites (N-methyl/N-ethyl adjacent to an activating group) is 1. The molecule has 2 amide bonds. The van der Waals surface area contributed by atoms with Crippen molar-refractivity contribution in [1.29, 1.82) is 0 Å². The normalized spacial score (nSPS) is 34.4. The van der Waals surface area contributed by atoms with Gasteiger partial charge in [0.15, 0.2) is 0 Å². The van der Waals surface area contributed by atoms with E-state index >= 15 is 0 Å². The van der Waals surface area contributed by atoms with Gasteiger partial charge in [-0.2, -0.15) is 5.06 Å². The quantitative estimate of drug-likeness (QED) is 0.320. The average molecular weight is 700 g/mol. The number of nitrogens with two attached hydrogens (primary N) is 1. The van der Waals surface area contributed by atoms with Crippen molar-refractivity contribution in [2.75, 3.05) is 40.3 Å². The number of ether oxygens (including phenoxy) is 1. The van der Waals surface area contributed by atoms with Crippen LogP contribution in [0.1, 0.15) is 92.9 Å². The number of hydrogen-bond acceptors (Lipinski definition) is 7. The molecule has 51 heavy (non-hydrogen) atoms. The molecule has 2 saturated heterocycles. The maximum absolute atomic E-state index is 14.7. The number of likely N-dealkylation sites (tertiary alicyclic amines) is 1. The lowest BCUT2D eigenvalue weighted by atomic mass is 9.73. The molecule has 10 nitrogen and oxygen atoms in total. The Morgan fingerprint density at radius 3 is 2.41 bits per heavy atom. The third kappa shape index (κ3) is 5.86. The van der Waals surface area contributed by atoms with Crippen LogP contribution >= 0.6 is 0 Å². The Labute approximate surface area is 302 Å². The van der Waals surface area contributed by atoms with Gasteiger partial charge in [-0.1, -0.05) is 37.5 Å². The molecule has 3 aliphatic heterocycles. The molecule has 0 bridgehead atoms. The van der Waals surface area contributed by atoms with Crippen molar-refractivity contribution in [2.45, 2.75) is 101 Å². The molecule has 5 aliphatic carbocycles. The Morgan fingerprint density at radius 1 is 1.06 bits per heavy atom. The third-order valence-electron chi connectivity index (χ3n) is 13.9. The van der Waals surface area contributed by atoms with Crippen LogP contribution in [0.2, 0.25) is 0 Å². The number of methoxy groups -OCH3 is 1. The van der Waals surface area contributed by atoms with E-state index in [9.17, 15) is 4.79 Å². The number of aromatic nitrogens is 1. The van der Waals surface area contributed by atoms with Gasteiger partial charge in [-0.3, -0.25) is 9.59 Å². The van der Waals surface area contributed by atoms with Crippen molar-refractivity contribution in [3.63, 3.8) is 0 Å². The standard InChI is InChI=1S/C34H40N2O2.C5H12N2O.CH3NO.CH2O/c1-20-8-11-25-28(16-20)35-19-33(32(37)36-29-13-9-22-14-15-34(22,29)36)18-27(33)26-17-23(38-2)10-12-24(26)31(35)30(25)21-6-4-3-5-7-21;1-6-2-4-7(8)5-3-6;2-1-3;1-2/h8,10-12,16-17,21-22,24,26-27,29H,3-7,9,13-15,18-19H2,1-2H3;8H,2-5H2,1H3;1H,(H2,2,3);1H2. The van der Waals surface area contributed by atoms with Gasteiger partial charge in [0.05, 0.1) is 24.1 Å². The van der Waals surface area contributed by atoms with Gasteiger partial charge in [-0.05, 0) is 112 Å². The van der Waals surface area contributed by atoms with E-state index in [0.29, 0.717) is 35.6 Å². The largest absolute Gasteiger partial charge is 0.497 e. The third-order valence-corrected chi connectivity index (χ3v) is 13.9. The number of fused-ring (bicyclic) bond motifs is 7. The molecule has 276 valence electrons. The number of benzene rings is 1. The summed E-state index contributed by atoms with van der Waals surface area (Å²) >= 11 is 0. The number of primary amides is 1. The number of allylic oxidation sites excluding steroid dienone is 3. The number of piperazine rings is 1. The molecule has 3 N–H and O–H groups in total. The number of hydrogen-bond donors (Lipinski definition) is 2. The molecule has 10 heteroatoms. The molecule has 4 heterocycles. The summed E-state index contributed by atoms with van der Waals surface area (Å²) in [5.41, 5.74) is 10.00. The Balaban J connectivity index is 0.000000270. The Kier molecular flexibility index (Phi) is 9.97. The maximum atomic E-state index is 14.7. The van der Waals surface area contributed by atoms with Gasteiger partial charge in [-0.15, -0.1) is 0 Å². The van der Waals surface area contributed by atoms with Crippen LogP contribution in [0.4, 0.5) is 0 Å². The highest BCUT2D eigenvalue weighted by Crippen LogP contribution is 2.72. The molecule has 1 spiro atoms. The van der Waals surface area contributed by atoms with Gasteiger partial charge >= 0.3 is 0 Å². The van der Waals surface area contributed by atoms with Crippen molar-refractivity contribution < 1.29 is 24.3 Å². The van der Waals surface area contributed by atoms with Crippen LogP contribution in [0, 0.1) is 30.1 Å². The Bertz CT molecular complexity index is 1680. The fourth-order valence-electron chi connectivity index (χ4n) is 11.2. The summed E-state index contributed by atoms with van der Waals surface area (Å²) < 4.78 is 8.45. The van der Waals surface area contributed by atoms with E-state index in [2.05, 4.69) is 70.5 Å². The summed E-state index contributed by atoms with van der Waals surface area (Å²) in [6.45, 7) is 8.63. The Hall–Kier alpha value is -3.47. The Morgan fingerprint density at radius 2 is 1.78 bits per heavy atom. The second-order valence-electron chi connectivity index (χ2n) is 16.3. The summed E-state index contributed by atoms with van der Waals surface area (Å²) in [6, 6.07) is 7.66. The minimum absolute atomic E-state index is 0.250. The van der Waals surface area contributed by atoms with Gasteiger partial charge in [0.2, 0.25) is 12.3 Å². The average Bonchev–Trinajstić information content (AvgIpc) is 4.00. The summed E-state index contributed by atoms with van der Waals surface area (Å²) in [5.74, 6) is 3.95. The zero-order chi connectivity index (χ0) is 36.1. The molecule has 1 aromatic heterocycles. The number of piperidine rings is 1. The fraction of sp³-hybridized carbons (Fsp3) is 0.634. The lowest BCUT2D eigenvalue weighted by Crippen LogP contribution is -2.42. The molecular formula is C41H57N5O5. The summed E-state index contributed by atoms with van der Waals surface area (Å²) in [5, 5.41) is 11.6. The molecule has 7 unspecified atom stereocenters. The topological polar surface area (TPSA) is 121 Å². The van der Waals surface area contributed by atoms with Gasteiger partial charge in [0.25, 0.3) is 0 Å². The first-order chi connectivity index (χ1) is 24.8. The van der Waals surface area contributed by atoms with E-state index in [1.165, 1.54) is 85.0 Å². The fourth-order valence-corrected chi connectivity index (χ4v) is 11.2. The van der Waals surface area contributed by atoms with Crippen molar-refractivity contribution >= 4 is 30.0 Å². The van der Waals surface area contributed by atoms with Gasteiger partial charge in [0.1, 0.15) is 12.5 Å². The number of hydroxylamine groups is 2. The molecule has 7 atom stereocenters. The number of carbonyl (C=O) groups excluding carboxylic acids is 3. The second kappa shape index (κ2) is 14.2. The summed E-state index contributed by atoms with van der Waals surface area (Å²) in [7, 11) is 3.85. The van der Waals surface area contributed by atoms with Gasteiger partial charge in [-0.25, -0.2) is 0 Å². The SMILES string of the molecule is C=O.CN1CCN(O)CC1.COC1=CC2C(C=C1)c1c(C3CCCCC3)c3ccc(C)cc3n1CC1(C(=O)N3C4CCC5CCC543)CC21.NC=O. The monoisotopic (exact) mass is 699 g/mol. The van der Waals surface area contributed by atoms with Crippen molar-refractivity contribution in [3.05, 3.63) is 59.0 Å². The first-order valence-corrected chi connectivity index (χ1v) is 19.2. The van der Waals surface area contributed by atoms with E-state index in [4.69, 9.17) is 19.5 Å². The van der Waals surface area contributed by atoms with Gasteiger partial charge in [0, 0.05) is 55.2 Å². The van der Waals surface area contributed by atoms with Crippen LogP contribution in [0.25, 0.3) is 10.9 Å². The van der Waals surface area contributed by atoms with Crippen molar-refractivity contribution in [2.24, 2.45) is 28.9 Å². The van der Waals surface area contributed by atoms with E-state index in [0.717, 1.165) is 50.8 Å². The summed E-state index contributed by atoms with van der Waals surface area (Å²) in [4.78, 5) is 35.9. The van der Waals surface area contributed by atoms with E-state index in [-0.39, 0.29) is 17.4 Å². The van der Waals surface area contributed by atoms with E-state index in [1.54, 1.807) is 12.7 Å². The lowest BCUT2D eigenvalue weighted by molar-refractivity contribution is -0.136. The van der Waals surface area contributed by atoms with E-state index in [1.807, 2.05) is 6.79 Å². The first kappa shape index (κ1) is 35.9. The molecule has 2 aromatic rings. The van der Waals surface area contributed by atoms with E-state index < -0.39 is 0 Å². The smallest absolute Gasteiger partial charge is 0.231 e. The predicted octanol–water partition coefficient (Wildman–Crippen LogP) is 5.51. The first-order valence-electron chi connectivity index (χ1n) is 19.2. The van der Waals surface area contributed by atoms with Gasteiger partial charge < -0.3 is 34.8 Å². The number of nitrogens with zero attached hydrogens (tertiary/aromatic N) is 4. The zero-order valence-corrected chi connectivity index (χ0v) is 30.8. The van der Waals surface area contributed by atoms with Crippen molar-refractivity contribution in [1.82, 2.24) is 19.4 Å². The zero-order valence-electron chi connectivity index (χ0n) is 30.8. The van der Waals surface area contributed by atoms with Crippen LogP contribution in [-0.2, 0) is 25.7 Å². The van der Waals surface area contributed by atoms with Crippen LogP contribution < -0.4 is 5.73 Å².